The molecular formula is C11H20BrNO2. The third kappa shape index (κ3) is 4.11. The third-order valence-electron chi connectivity index (χ3n) is 2.75. The van der Waals surface area contributed by atoms with Crippen LogP contribution in [0.3, 0.4) is 0 Å². The van der Waals surface area contributed by atoms with Crippen molar-refractivity contribution in [3.63, 3.8) is 0 Å². The number of hydrogen-bond acceptors (Lipinski definition) is 3. The lowest BCUT2D eigenvalue weighted by atomic mass is 10.0. The molecule has 0 spiro atoms. The molecule has 0 aromatic carbocycles. The van der Waals surface area contributed by atoms with Crippen molar-refractivity contribution in [1.82, 2.24) is 4.90 Å². The highest BCUT2D eigenvalue weighted by molar-refractivity contribution is 9.09. The minimum absolute atomic E-state index is 0.0118. The molecule has 1 fully saturated rings. The molecule has 1 heterocycles. The summed E-state index contributed by atoms with van der Waals surface area (Å²) >= 11 is 3.42. The lowest BCUT2D eigenvalue weighted by Gasteiger charge is -2.33. The fourth-order valence-corrected chi connectivity index (χ4v) is 2.28. The molecule has 0 amide bonds. The van der Waals surface area contributed by atoms with Gasteiger partial charge in [-0.3, -0.25) is 9.69 Å². The molecular weight excluding hydrogens is 258 g/mol. The Labute approximate surface area is 100 Å². The Kier molecular flexibility index (Phi) is 6.25. The lowest BCUT2D eigenvalue weighted by Crippen LogP contribution is -2.45. The third-order valence-corrected chi connectivity index (χ3v) is 3.31. The van der Waals surface area contributed by atoms with Crippen LogP contribution in [0.15, 0.2) is 0 Å². The highest BCUT2D eigenvalue weighted by atomic mass is 79.9. The predicted molar refractivity (Wildman–Crippen MR) is 64.3 cm³/mol. The van der Waals surface area contributed by atoms with Gasteiger partial charge < -0.3 is 4.74 Å². The Balaban J connectivity index is 2.45. The van der Waals surface area contributed by atoms with E-state index in [9.17, 15) is 4.79 Å². The number of carbonyl (C=O) groups excluding carboxylic acids is 1. The maximum atomic E-state index is 11.7. The van der Waals surface area contributed by atoms with E-state index in [0.717, 1.165) is 37.7 Å². The number of likely N-dealkylation sites (tertiary alicyclic amines) is 1. The standard InChI is InChI=1S/C11H20BrNO2/c1-2-15-11(14)10-6-3-4-8-13(10)9-5-7-12/h10H,2-9H2,1H3. The Hall–Kier alpha value is -0.0900. The summed E-state index contributed by atoms with van der Waals surface area (Å²) in [6.45, 7) is 4.39. The minimum atomic E-state index is -0.0354. The summed E-state index contributed by atoms with van der Waals surface area (Å²) in [7, 11) is 0. The van der Waals surface area contributed by atoms with E-state index < -0.39 is 0 Å². The molecule has 1 aliphatic rings. The first-order chi connectivity index (χ1) is 7.29. The normalized spacial score (nSPS) is 22.7. The van der Waals surface area contributed by atoms with Crippen molar-refractivity contribution in [3.05, 3.63) is 0 Å². The molecule has 1 saturated heterocycles. The van der Waals surface area contributed by atoms with Gasteiger partial charge >= 0.3 is 5.97 Å². The predicted octanol–water partition coefficient (Wildman–Crippen LogP) is 2.19. The number of piperidine rings is 1. The van der Waals surface area contributed by atoms with E-state index in [2.05, 4.69) is 20.8 Å². The molecule has 1 unspecified atom stereocenters. The number of esters is 1. The van der Waals surface area contributed by atoms with Crippen LogP contribution in [0.4, 0.5) is 0 Å². The molecule has 3 nitrogen and oxygen atoms in total. The fraction of sp³-hybridized carbons (Fsp3) is 0.909. The lowest BCUT2D eigenvalue weighted by molar-refractivity contribution is -0.150. The van der Waals surface area contributed by atoms with Crippen molar-refractivity contribution in [3.8, 4) is 0 Å². The number of ether oxygens (including phenoxy) is 1. The summed E-state index contributed by atoms with van der Waals surface area (Å²) < 4.78 is 5.10. The quantitative estimate of drug-likeness (QED) is 0.570. The van der Waals surface area contributed by atoms with Crippen LogP contribution in [0.1, 0.15) is 32.6 Å². The second-order valence-electron chi connectivity index (χ2n) is 3.84. The van der Waals surface area contributed by atoms with Crippen molar-refractivity contribution in [2.75, 3.05) is 25.0 Å². The second kappa shape index (κ2) is 7.23. The summed E-state index contributed by atoms with van der Waals surface area (Å²) in [5.74, 6) is -0.0354. The largest absolute Gasteiger partial charge is 0.465 e. The summed E-state index contributed by atoms with van der Waals surface area (Å²) in [5, 5.41) is 0.999. The molecule has 88 valence electrons. The molecule has 1 atom stereocenters. The van der Waals surface area contributed by atoms with Gasteiger partial charge in [0.25, 0.3) is 0 Å². The van der Waals surface area contributed by atoms with Crippen molar-refractivity contribution < 1.29 is 9.53 Å². The molecule has 0 N–H and O–H groups in total. The van der Waals surface area contributed by atoms with Crippen LogP contribution >= 0.6 is 15.9 Å². The zero-order valence-electron chi connectivity index (χ0n) is 9.38. The van der Waals surface area contributed by atoms with Gasteiger partial charge in [0.1, 0.15) is 6.04 Å². The van der Waals surface area contributed by atoms with Gasteiger partial charge in [-0.25, -0.2) is 0 Å². The van der Waals surface area contributed by atoms with Gasteiger partial charge in [0, 0.05) is 5.33 Å². The molecule has 0 radical (unpaired) electrons. The van der Waals surface area contributed by atoms with E-state index in [-0.39, 0.29) is 12.0 Å². The first kappa shape index (κ1) is 13.0. The number of hydrogen-bond donors (Lipinski definition) is 0. The van der Waals surface area contributed by atoms with Gasteiger partial charge in [-0.15, -0.1) is 0 Å². The molecule has 0 saturated carbocycles. The zero-order valence-corrected chi connectivity index (χ0v) is 11.0. The van der Waals surface area contributed by atoms with Crippen LogP contribution < -0.4 is 0 Å². The van der Waals surface area contributed by atoms with Crippen molar-refractivity contribution in [2.24, 2.45) is 0 Å². The molecule has 1 aliphatic heterocycles. The number of nitrogens with zero attached hydrogens (tertiary/aromatic N) is 1. The maximum Gasteiger partial charge on any atom is 0.323 e. The fourth-order valence-electron chi connectivity index (χ4n) is 2.03. The zero-order chi connectivity index (χ0) is 11.1. The van der Waals surface area contributed by atoms with E-state index in [1.807, 2.05) is 6.92 Å². The summed E-state index contributed by atoms with van der Waals surface area (Å²) in [6.07, 6.45) is 4.41. The summed E-state index contributed by atoms with van der Waals surface area (Å²) in [4.78, 5) is 14.0. The number of alkyl halides is 1. The van der Waals surface area contributed by atoms with Crippen LogP contribution in [-0.2, 0) is 9.53 Å². The van der Waals surface area contributed by atoms with E-state index in [1.54, 1.807) is 0 Å². The van der Waals surface area contributed by atoms with Crippen LogP contribution in [-0.4, -0.2) is 41.9 Å². The Bertz CT molecular complexity index is 199. The Morgan fingerprint density at radius 2 is 2.33 bits per heavy atom. The van der Waals surface area contributed by atoms with Crippen molar-refractivity contribution in [1.29, 1.82) is 0 Å². The molecule has 0 aromatic rings. The first-order valence-electron chi connectivity index (χ1n) is 5.76. The van der Waals surface area contributed by atoms with Crippen LogP contribution in [0.2, 0.25) is 0 Å². The average molecular weight is 278 g/mol. The molecule has 1 rings (SSSR count). The molecule has 4 heteroatoms. The van der Waals surface area contributed by atoms with E-state index in [1.165, 1.54) is 6.42 Å². The summed E-state index contributed by atoms with van der Waals surface area (Å²) in [5.41, 5.74) is 0. The van der Waals surface area contributed by atoms with Gasteiger partial charge in [0.15, 0.2) is 0 Å². The Morgan fingerprint density at radius 1 is 1.53 bits per heavy atom. The molecule has 15 heavy (non-hydrogen) atoms. The number of carbonyl (C=O) groups is 1. The molecule has 0 aliphatic carbocycles. The van der Waals surface area contributed by atoms with Gasteiger partial charge in [-0.1, -0.05) is 22.4 Å². The van der Waals surface area contributed by atoms with E-state index >= 15 is 0 Å². The van der Waals surface area contributed by atoms with Crippen molar-refractivity contribution in [2.45, 2.75) is 38.6 Å². The first-order valence-corrected chi connectivity index (χ1v) is 6.88. The molecule has 0 bridgehead atoms. The average Bonchev–Trinajstić information content (AvgIpc) is 2.27. The van der Waals surface area contributed by atoms with E-state index in [4.69, 9.17) is 4.74 Å². The Morgan fingerprint density at radius 3 is 3.00 bits per heavy atom. The van der Waals surface area contributed by atoms with Crippen molar-refractivity contribution >= 4 is 21.9 Å². The number of halogens is 1. The van der Waals surface area contributed by atoms with Crippen LogP contribution in [0.25, 0.3) is 0 Å². The summed E-state index contributed by atoms with van der Waals surface area (Å²) in [6, 6.07) is 0.0118. The maximum absolute atomic E-state index is 11.7. The van der Waals surface area contributed by atoms with Crippen LogP contribution in [0, 0.1) is 0 Å². The smallest absolute Gasteiger partial charge is 0.323 e. The monoisotopic (exact) mass is 277 g/mol. The van der Waals surface area contributed by atoms with E-state index in [0.29, 0.717) is 6.61 Å². The van der Waals surface area contributed by atoms with Gasteiger partial charge in [0.05, 0.1) is 6.61 Å². The minimum Gasteiger partial charge on any atom is -0.465 e. The highest BCUT2D eigenvalue weighted by Gasteiger charge is 2.28. The van der Waals surface area contributed by atoms with Gasteiger partial charge in [-0.05, 0) is 39.3 Å². The molecule has 0 aromatic heterocycles. The van der Waals surface area contributed by atoms with Gasteiger partial charge in [-0.2, -0.15) is 0 Å². The highest BCUT2D eigenvalue weighted by Crippen LogP contribution is 2.18. The topological polar surface area (TPSA) is 29.5 Å². The number of rotatable bonds is 5. The van der Waals surface area contributed by atoms with Gasteiger partial charge in [0.2, 0.25) is 0 Å². The second-order valence-corrected chi connectivity index (χ2v) is 4.64. The van der Waals surface area contributed by atoms with Crippen LogP contribution in [0.5, 0.6) is 0 Å². The SMILES string of the molecule is CCOC(=O)C1CCCCN1CCCBr.